The molecule has 0 atom stereocenters. The predicted octanol–water partition coefficient (Wildman–Crippen LogP) is 2.30. The smallest absolute Gasteiger partial charge is 0.253 e. The van der Waals surface area contributed by atoms with E-state index in [1.165, 1.54) is 0 Å². The molecule has 1 heterocycles. The zero-order valence-electron chi connectivity index (χ0n) is 11.7. The monoisotopic (exact) mass is 270 g/mol. The SMILES string of the molecule is C=Cn1cc(CNc2ccc(C(=O)N(C)C)cc2)cn1. The second-order valence-electron chi connectivity index (χ2n) is 4.64. The Morgan fingerprint density at radius 2 is 2.10 bits per heavy atom. The minimum Gasteiger partial charge on any atom is -0.381 e. The van der Waals surface area contributed by atoms with Gasteiger partial charge in [-0.1, -0.05) is 6.58 Å². The number of hydrogen-bond acceptors (Lipinski definition) is 3. The Labute approximate surface area is 118 Å². The number of carbonyl (C=O) groups excluding carboxylic acids is 1. The summed E-state index contributed by atoms with van der Waals surface area (Å²) in [5.41, 5.74) is 2.71. The first-order valence-corrected chi connectivity index (χ1v) is 6.31. The number of carbonyl (C=O) groups is 1. The second-order valence-corrected chi connectivity index (χ2v) is 4.64. The molecular weight excluding hydrogens is 252 g/mol. The van der Waals surface area contributed by atoms with E-state index in [9.17, 15) is 4.79 Å². The van der Waals surface area contributed by atoms with Crippen LogP contribution >= 0.6 is 0 Å². The maximum atomic E-state index is 11.8. The lowest BCUT2D eigenvalue weighted by Crippen LogP contribution is -2.21. The van der Waals surface area contributed by atoms with Gasteiger partial charge in [0.15, 0.2) is 0 Å². The molecule has 0 unspecified atom stereocenters. The first-order valence-electron chi connectivity index (χ1n) is 6.31. The van der Waals surface area contributed by atoms with E-state index >= 15 is 0 Å². The third kappa shape index (κ3) is 3.26. The number of rotatable bonds is 5. The van der Waals surface area contributed by atoms with Crippen molar-refractivity contribution in [2.75, 3.05) is 19.4 Å². The zero-order valence-corrected chi connectivity index (χ0v) is 11.7. The average molecular weight is 270 g/mol. The number of amides is 1. The predicted molar refractivity (Wildman–Crippen MR) is 80.4 cm³/mol. The zero-order chi connectivity index (χ0) is 14.5. The molecule has 5 heteroatoms. The van der Waals surface area contributed by atoms with E-state index < -0.39 is 0 Å². The van der Waals surface area contributed by atoms with Crippen LogP contribution in [0.4, 0.5) is 5.69 Å². The summed E-state index contributed by atoms with van der Waals surface area (Å²) in [6, 6.07) is 7.43. The van der Waals surface area contributed by atoms with Crippen molar-refractivity contribution >= 4 is 17.8 Å². The molecule has 0 aliphatic rings. The molecule has 0 radical (unpaired) electrons. The van der Waals surface area contributed by atoms with Crippen LogP contribution in [-0.2, 0) is 6.54 Å². The van der Waals surface area contributed by atoms with Gasteiger partial charge < -0.3 is 10.2 Å². The molecule has 5 nitrogen and oxygen atoms in total. The maximum absolute atomic E-state index is 11.8. The van der Waals surface area contributed by atoms with E-state index in [-0.39, 0.29) is 5.91 Å². The van der Waals surface area contributed by atoms with Gasteiger partial charge in [-0.05, 0) is 24.3 Å². The van der Waals surface area contributed by atoms with Gasteiger partial charge in [0.1, 0.15) is 0 Å². The van der Waals surface area contributed by atoms with Gasteiger partial charge in [-0.2, -0.15) is 5.10 Å². The average Bonchev–Trinajstić information content (AvgIpc) is 2.93. The van der Waals surface area contributed by atoms with E-state index in [0.29, 0.717) is 12.1 Å². The number of nitrogens with one attached hydrogen (secondary N) is 1. The molecule has 0 bridgehead atoms. The summed E-state index contributed by atoms with van der Waals surface area (Å²) >= 11 is 0. The number of nitrogens with zero attached hydrogens (tertiary/aromatic N) is 3. The lowest BCUT2D eigenvalue weighted by molar-refractivity contribution is 0.0827. The van der Waals surface area contributed by atoms with Gasteiger partial charge in [0, 0.05) is 49.9 Å². The van der Waals surface area contributed by atoms with Gasteiger partial charge in [0.25, 0.3) is 5.91 Å². The minimum atomic E-state index is 0.00353. The molecule has 0 saturated carbocycles. The second kappa shape index (κ2) is 6.06. The summed E-state index contributed by atoms with van der Waals surface area (Å²) in [6.07, 6.45) is 5.34. The van der Waals surface area contributed by atoms with Gasteiger partial charge in [-0.25, -0.2) is 4.68 Å². The molecule has 1 aromatic heterocycles. The van der Waals surface area contributed by atoms with Crippen molar-refractivity contribution in [2.24, 2.45) is 0 Å². The van der Waals surface area contributed by atoms with Crippen molar-refractivity contribution in [3.63, 3.8) is 0 Å². The van der Waals surface area contributed by atoms with E-state index in [1.54, 1.807) is 36.1 Å². The van der Waals surface area contributed by atoms with Crippen LogP contribution in [0, 0.1) is 0 Å². The van der Waals surface area contributed by atoms with Crippen molar-refractivity contribution in [1.29, 1.82) is 0 Å². The fourth-order valence-electron chi connectivity index (χ4n) is 1.76. The summed E-state index contributed by atoms with van der Waals surface area (Å²) < 4.78 is 1.66. The molecule has 1 amide bonds. The molecule has 2 aromatic rings. The van der Waals surface area contributed by atoms with Crippen molar-refractivity contribution in [3.05, 3.63) is 54.4 Å². The number of hydrogen-bond donors (Lipinski definition) is 1. The Morgan fingerprint density at radius 3 is 2.65 bits per heavy atom. The number of anilines is 1. The lowest BCUT2D eigenvalue weighted by atomic mass is 10.2. The summed E-state index contributed by atoms with van der Waals surface area (Å²) in [5, 5.41) is 7.39. The van der Waals surface area contributed by atoms with Crippen molar-refractivity contribution in [2.45, 2.75) is 6.54 Å². The van der Waals surface area contributed by atoms with Crippen molar-refractivity contribution in [3.8, 4) is 0 Å². The van der Waals surface area contributed by atoms with E-state index in [1.807, 2.05) is 30.5 Å². The Morgan fingerprint density at radius 1 is 1.40 bits per heavy atom. The Hall–Kier alpha value is -2.56. The quantitative estimate of drug-likeness (QED) is 0.907. The van der Waals surface area contributed by atoms with E-state index in [4.69, 9.17) is 0 Å². The highest BCUT2D eigenvalue weighted by molar-refractivity contribution is 5.94. The molecule has 0 aliphatic heterocycles. The third-order valence-electron chi connectivity index (χ3n) is 2.88. The first kappa shape index (κ1) is 13.9. The summed E-state index contributed by atoms with van der Waals surface area (Å²) in [6.45, 7) is 4.32. The normalized spacial score (nSPS) is 10.1. The summed E-state index contributed by atoms with van der Waals surface area (Å²) in [4.78, 5) is 13.3. The first-order chi connectivity index (χ1) is 9.60. The molecule has 20 heavy (non-hydrogen) atoms. The summed E-state index contributed by atoms with van der Waals surface area (Å²) in [5.74, 6) is 0.00353. The van der Waals surface area contributed by atoms with Crippen LogP contribution in [0.25, 0.3) is 6.20 Å². The van der Waals surface area contributed by atoms with Crippen LogP contribution < -0.4 is 5.32 Å². The lowest BCUT2D eigenvalue weighted by Gasteiger charge is -2.11. The van der Waals surface area contributed by atoms with Crippen LogP contribution in [0.15, 0.2) is 43.2 Å². The van der Waals surface area contributed by atoms with Crippen LogP contribution in [0.5, 0.6) is 0 Å². The van der Waals surface area contributed by atoms with E-state index in [2.05, 4.69) is 17.0 Å². The molecule has 0 saturated heterocycles. The Kier molecular flexibility index (Phi) is 4.20. The van der Waals surface area contributed by atoms with Crippen LogP contribution in [-0.4, -0.2) is 34.7 Å². The third-order valence-corrected chi connectivity index (χ3v) is 2.88. The molecule has 1 aromatic carbocycles. The van der Waals surface area contributed by atoms with Gasteiger partial charge in [-0.3, -0.25) is 4.79 Å². The van der Waals surface area contributed by atoms with Gasteiger partial charge >= 0.3 is 0 Å². The minimum absolute atomic E-state index is 0.00353. The topological polar surface area (TPSA) is 50.2 Å². The standard InChI is InChI=1S/C15H18N4O/c1-4-19-11-12(10-17-19)9-16-14-7-5-13(6-8-14)15(20)18(2)3/h4-8,10-11,16H,1,9H2,2-3H3. The Balaban J connectivity index is 1.97. The molecule has 2 rings (SSSR count). The molecule has 1 N–H and O–H groups in total. The van der Waals surface area contributed by atoms with Crippen molar-refractivity contribution < 1.29 is 4.79 Å². The summed E-state index contributed by atoms with van der Waals surface area (Å²) in [7, 11) is 3.48. The van der Waals surface area contributed by atoms with Crippen LogP contribution in [0.1, 0.15) is 15.9 Å². The van der Waals surface area contributed by atoms with Crippen LogP contribution in [0.2, 0.25) is 0 Å². The van der Waals surface area contributed by atoms with Gasteiger partial charge in [0.2, 0.25) is 0 Å². The molecule has 0 aliphatic carbocycles. The van der Waals surface area contributed by atoms with Gasteiger partial charge in [-0.15, -0.1) is 0 Å². The molecule has 0 spiro atoms. The fraction of sp³-hybridized carbons (Fsp3) is 0.200. The van der Waals surface area contributed by atoms with Gasteiger partial charge in [0.05, 0.1) is 6.20 Å². The fourth-order valence-corrected chi connectivity index (χ4v) is 1.76. The highest BCUT2D eigenvalue weighted by Crippen LogP contribution is 2.12. The maximum Gasteiger partial charge on any atom is 0.253 e. The highest BCUT2D eigenvalue weighted by Gasteiger charge is 2.07. The molecule has 0 fully saturated rings. The number of benzene rings is 1. The van der Waals surface area contributed by atoms with Crippen LogP contribution in [0.3, 0.4) is 0 Å². The highest BCUT2D eigenvalue weighted by atomic mass is 16.2. The largest absolute Gasteiger partial charge is 0.381 e. The Bertz CT molecular complexity index is 599. The van der Waals surface area contributed by atoms with E-state index in [0.717, 1.165) is 11.3 Å². The molecule has 104 valence electrons. The number of aromatic nitrogens is 2. The molecular formula is C15H18N4O. The van der Waals surface area contributed by atoms with Crippen molar-refractivity contribution in [1.82, 2.24) is 14.7 Å².